The average molecular weight is 356 g/mol. The normalized spacial score (nSPS) is 11.2. The Morgan fingerprint density at radius 3 is 2.35 bits per heavy atom. The third-order valence-electron chi connectivity index (χ3n) is 3.46. The van der Waals surface area contributed by atoms with E-state index >= 15 is 0 Å². The molecule has 0 heterocycles. The Morgan fingerprint density at radius 1 is 1.00 bits per heavy atom. The highest BCUT2D eigenvalue weighted by Crippen LogP contribution is 2.21. The molecule has 0 aliphatic heterocycles. The zero-order valence-electron chi connectivity index (χ0n) is 14.5. The highest BCUT2D eigenvalue weighted by Gasteiger charge is 2.22. The molecule has 0 saturated carbocycles. The minimum absolute atomic E-state index is 0.197. The fourth-order valence-corrected chi connectivity index (χ4v) is 2.05. The maximum Gasteiger partial charge on any atom is 0.342 e. The van der Waals surface area contributed by atoms with Crippen molar-refractivity contribution in [2.45, 2.75) is 19.6 Å². The highest BCUT2D eigenvalue weighted by atomic mass is 16.5. The van der Waals surface area contributed by atoms with Crippen LogP contribution in [0.25, 0.3) is 0 Å². The molecule has 136 valence electrons. The second-order valence-electron chi connectivity index (χ2n) is 5.39. The number of imide groups is 1. The van der Waals surface area contributed by atoms with E-state index in [4.69, 9.17) is 9.47 Å². The summed E-state index contributed by atoms with van der Waals surface area (Å²) >= 11 is 0. The number of carbonyl (C=O) groups is 3. The molecule has 0 bridgehead atoms. The standard InChI is InChI=1S/C19H20N2O5/c1-13(17(22)21-19(24)20-2)26-18(23)15-10-6-7-11-16(15)25-12-14-8-4-3-5-9-14/h3-11,13H,12H2,1-2H3,(H2,20,21,22,24)/t13-/m0/s1. The van der Waals surface area contributed by atoms with Gasteiger partial charge in [0.15, 0.2) is 6.10 Å². The SMILES string of the molecule is CNC(=O)NC(=O)[C@H](C)OC(=O)c1ccccc1OCc1ccccc1. The summed E-state index contributed by atoms with van der Waals surface area (Å²) in [5.41, 5.74) is 1.15. The Labute approximate surface area is 151 Å². The fraction of sp³-hybridized carbons (Fsp3) is 0.211. The summed E-state index contributed by atoms with van der Waals surface area (Å²) in [5, 5.41) is 4.30. The second kappa shape index (κ2) is 9.22. The first-order valence-electron chi connectivity index (χ1n) is 8.00. The highest BCUT2D eigenvalue weighted by molar-refractivity contribution is 5.99. The van der Waals surface area contributed by atoms with Crippen molar-refractivity contribution >= 4 is 17.9 Å². The minimum Gasteiger partial charge on any atom is -0.488 e. The molecule has 0 spiro atoms. The fourth-order valence-electron chi connectivity index (χ4n) is 2.05. The van der Waals surface area contributed by atoms with E-state index in [1.54, 1.807) is 24.3 Å². The third-order valence-corrected chi connectivity index (χ3v) is 3.46. The molecule has 0 saturated heterocycles. The van der Waals surface area contributed by atoms with Crippen LogP contribution in [0.15, 0.2) is 54.6 Å². The summed E-state index contributed by atoms with van der Waals surface area (Å²) in [5.74, 6) is -1.09. The molecule has 0 aliphatic rings. The van der Waals surface area contributed by atoms with Gasteiger partial charge < -0.3 is 14.8 Å². The van der Waals surface area contributed by atoms with E-state index in [9.17, 15) is 14.4 Å². The van der Waals surface area contributed by atoms with Crippen molar-refractivity contribution in [3.05, 3.63) is 65.7 Å². The number of hydrogen-bond donors (Lipinski definition) is 2. The van der Waals surface area contributed by atoms with E-state index < -0.39 is 24.0 Å². The molecule has 3 amide bonds. The van der Waals surface area contributed by atoms with Crippen LogP contribution >= 0.6 is 0 Å². The van der Waals surface area contributed by atoms with Gasteiger partial charge in [0.25, 0.3) is 5.91 Å². The Morgan fingerprint density at radius 2 is 1.65 bits per heavy atom. The zero-order chi connectivity index (χ0) is 18.9. The molecule has 2 aromatic carbocycles. The number of hydrogen-bond acceptors (Lipinski definition) is 5. The molecule has 0 aliphatic carbocycles. The Bertz CT molecular complexity index is 777. The predicted molar refractivity (Wildman–Crippen MR) is 94.7 cm³/mol. The van der Waals surface area contributed by atoms with Crippen LogP contribution < -0.4 is 15.4 Å². The largest absolute Gasteiger partial charge is 0.488 e. The van der Waals surface area contributed by atoms with Gasteiger partial charge in [-0.3, -0.25) is 10.1 Å². The van der Waals surface area contributed by atoms with E-state index in [1.165, 1.54) is 14.0 Å². The van der Waals surface area contributed by atoms with Crippen molar-refractivity contribution in [3.8, 4) is 5.75 Å². The maximum absolute atomic E-state index is 12.4. The van der Waals surface area contributed by atoms with Crippen molar-refractivity contribution in [3.63, 3.8) is 0 Å². The van der Waals surface area contributed by atoms with Crippen LogP contribution in [0, 0.1) is 0 Å². The van der Waals surface area contributed by atoms with Gasteiger partial charge in [0.05, 0.1) is 0 Å². The monoisotopic (exact) mass is 356 g/mol. The summed E-state index contributed by atoms with van der Waals surface area (Å²) in [6.45, 7) is 1.67. The Hall–Kier alpha value is -3.35. The summed E-state index contributed by atoms with van der Waals surface area (Å²) in [6, 6.07) is 15.4. The summed E-state index contributed by atoms with van der Waals surface area (Å²) in [4.78, 5) is 35.3. The lowest BCUT2D eigenvalue weighted by Crippen LogP contribution is -2.43. The number of benzene rings is 2. The first-order chi connectivity index (χ1) is 12.5. The van der Waals surface area contributed by atoms with E-state index in [-0.39, 0.29) is 12.2 Å². The van der Waals surface area contributed by atoms with Gasteiger partial charge in [0, 0.05) is 7.05 Å². The first kappa shape index (κ1) is 19.0. The van der Waals surface area contributed by atoms with Gasteiger partial charge in [-0.15, -0.1) is 0 Å². The molecular formula is C19H20N2O5. The second-order valence-corrected chi connectivity index (χ2v) is 5.39. The molecule has 2 N–H and O–H groups in total. The number of amides is 3. The van der Waals surface area contributed by atoms with E-state index in [0.717, 1.165) is 5.56 Å². The molecular weight excluding hydrogens is 336 g/mol. The smallest absolute Gasteiger partial charge is 0.342 e. The maximum atomic E-state index is 12.4. The number of urea groups is 1. The molecule has 0 radical (unpaired) electrons. The van der Waals surface area contributed by atoms with Gasteiger partial charge in [-0.2, -0.15) is 0 Å². The van der Waals surface area contributed by atoms with Gasteiger partial charge in [-0.05, 0) is 24.6 Å². The number of nitrogens with one attached hydrogen (secondary N) is 2. The molecule has 0 fully saturated rings. The van der Waals surface area contributed by atoms with Gasteiger partial charge in [0.2, 0.25) is 0 Å². The van der Waals surface area contributed by atoms with Gasteiger partial charge in [-0.1, -0.05) is 42.5 Å². The van der Waals surface area contributed by atoms with Crippen LogP contribution in [0.4, 0.5) is 4.79 Å². The number of ether oxygens (including phenoxy) is 2. The van der Waals surface area contributed by atoms with Crippen molar-refractivity contribution in [2.24, 2.45) is 0 Å². The number of carbonyl (C=O) groups excluding carboxylic acids is 3. The molecule has 7 heteroatoms. The van der Waals surface area contributed by atoms with E-state index in [0.29, 0.717) is 5.75 Å². The lowest BCUT2D eigenvalue weighted by molar-refractivity contribution is -0.127. The average Bonchev–Trinajstić information content (AvgIpc) is 2.67. The van der Waals surface area contributed by atoms with E-state index in [1.807, 2.05) is 30.3 Å². The molecule has 2 rings (SSSR count). The third kappa shape index (κ3) is 5.34. The van der Waals surface area contributed by atoms with Gasteiger partial charge in [0.1, 0.15) is 17.9 Å². The quantitative estimate of drug-likeness (QED) is 0.775. The van der Waals surface area contributed by atoms with Crippen LogP contribution in [0.3, 0.4) is 0 Å². The number of para-hydroxylation sites is 1. The molecule has 7 nitrogen and oxygen atoms in total. The lowest BCUT2D eigenvalue weighted by atomic mass is 10.2. The van der Waals surface area contributed by atoms with Crippen LogP contribution in [0.5, 0.6) is 5.75 Å². The van der Waals surface area contributed by atoms with Crippen LogP contribution in [0.2, 0.25) is 0 Å². The Balaban J connectivity index is 2.02. The van der Waals surface area contributed by atoms with Crippen LogP contribution in [-0.2, 0) is 16.1 Å². The zero-order valence-corrected chi connectivity index (χ0v) is 14.5. The van der Waals surface area contributed by atoms with Crippen molar-refractivity contribution < 1.29 is 23.9 Å². The molecule has 1 atom stereocenters. The lowest BCUT2D eigenvalue weighted by Gasteiger charge is -2.15. The number of esters is 1. The number of rotatable bonds is 6. The van der Waals surface area contributed by atoms with Gasteiger partial charge >= 0.3 is 12.0 Å². The molecule has 26 heavy (non-hydrogen) atoms. The summed E-state index contributed by atoms with van der Waals surface area (Å²) in [6.07, 6.45) is -1.14. The van der Waals surface area contributed by atoms with Crippen molar-refractivity contribution in [2.75, 3.05) is 7.05 Å². The van der Waals surface area contributed by atoms with Crippen molar-refractivity contribution in [1.82, 2.24) is 10.6 Å². The molecule has 0 aromatic heterocycles. The van der Waals surface area contributed by atoms with Crippen LogP contribution in [-0.4, -0.2) is 31.1 Å². The summed E-state index contributed by atoms with van der Waals surface area (Å²) in [7, 11) is 1.37. The van der Waals surface area contributed by atoms with Gasteiger partial charge in [-0.25, -0.2) is 9.59 Å². The topological polar surface area (TPSA) is 93.7 Å². The van der Waals surface area contributed by atoms with Crippen molar-refractivity contribution in [1.29, 1.82) is 0 Å². The molecule has 2 aromatic rings. The first-order valence-corrected chi connectivity index (χ1v) is 8.00. The Kier molecular flexibility index (Phi) is 6.73. The minimum atomic E-state index is -1.14. The molecule has 0 unspecified atom stereocenters. The van der Waals surface area contributed by atoms with Crippen LogP contribution in [0.1, 0.15) is 22.8 Å². The summed E-state index contributed by atoms with van der Waals surface area (Å²) < 4.78 is 10.8. The predicted octanol–water partition coefficient (Wildman–Crippen LogP) is 2.27. The van der Waals surface area contributed by atoms with E-state index in [2.05, 4.69) is 10.6 Å².